The van der Waals surface area contributed by atoms with Crippen molar-refractivity contribution >= 4 is 11.6 Å². The van der Waals surface area contributed by atoms with E-state index in [1.165, 1.54) is 6.26 Å². The van der Waals surface area contributed by atoms with Crippen molar-refractivity contribution in [3.8, 4) is 0 Å². The lowest BCUT2D eigenvalue weighted by molar-refractivity contribution is 0.178. The van der Waals surface area contributed by atoms with Gasteiger partial charge in [0, 0.05) is 26.3 Å². The summed E-state index contributed by atoms with van der Waals surface area (Å²) in [6, 6.07) is 3.61. The second-order valence-electron chi connectivity index (χ2n) is 3.58. The molecular weight excluding hydrogens is 234 g/mol. The van der Waals surface area contributed by atoms with E-state index in [-0.39, 0.29) is 0 Å². The molecule has 0 bridgehead atoms. The zero-order valence-corrected chi connectivity index (χ0v) is 10.3. The minimum Gasteiger partial charge on any atom is -0.377 e. The summed E-state index contributed by atoms with van der Waals surface area (Å²) >= 11 is 0. The van der Waals surface area contributed by atoms with Gasteiger partial charge in [-0.25, -0.2) is 9.97 Å². The average molecular weight is 249 g/mol. The number of nitrogens with zero attached hydrogens (tertiary/aromatic N) is 3. The van der Waals surface area contributed by atoms with Gasteiger partial charge in [0.15, 0.2) is 5.82 Å². The summed E-state index contributed by atoms with van der Waals surface area (Å²) < 4.78 is 9.78. The molecule has 7 nitrogen and oxygen atoms in total. The summed E-state index contributed by atoms with van der Waals surface area (Å²) in [5.41, 5.74) is 0.813. The molecule has 2 aromatic rings. The molecule has 96 valence electrons. The first kappa shape index (κ1) is 12.3. The maximum atomic E-state index is 5.02. The Morgan fingerprint density at radius 2 is 2.17 bits per heavy atom. The van der Waals surface area contributed by atoms with Crippen LogP contribution in [0.2, 0.25) is 0 Å². The summed E-state index contributed by atoms with van der Waals surface area (Å²) in [4.78, 5) is 8.59. The first-order chi connectivity index (χ1) is 8.81. The molecule has 0 atom stereocenters. The topological polar surface area (TPSA) is 85.1 Å². The molecule has 0 fully saturated rings. The van der Waals surface area contributed by atoms with Crippen LogP contribution in [0, 0.1) is 0 Å². The predicted molar refractivity (Wildman–Crippen MR) is 66.1 cm³/mol. The number of hydrogen-bond donors (Lipinski definition) is 2. The fraction of sp³-hybridized carbons (Fsp3) is 0.364. The highest BCUT2D eigenvalue weighted by atomic mass is 16.5. The van der Waals surface area contributed by atoms with Crippen LogP contribution < -0.4 is 10.6 Å². The smallest absolute Gasteiger partial charge is 0.158 e. The molecule has 0 aliphatic heterocycles. The molecule has 0 saturated heterocycles. The van der Waals surface area contributed by atoms with Crippen LogP contribution in [-0.2, 0) is 17.9 Å². The number of rotatable bonds is 6. The molecule has 0 aliphatic rings. The lowest BCUT2D eigenvalue weighted by atomic mass is 10.4. The number of aromatic nitrogens is 3. The average Bonchev–Trinajstić information content (AvgIpc) is 2.89. The molecule has 0 aromatic carbocycles. The maximum Gasteiger partial charge on any atom is 0.158 e. The lowest BCUT2D eigenvalue weighted by Gasteiger charge is -2.08. The van der Waals surface area contributed by atoms with Crippen LogP contribution in [0.3, 0.4) is 0 Å². The van der Waals surface area contributed by atoms with E-state index in [4.69, 9.17) is 9.26 Å². The highest BCUT2D eigenvalue weighted by Gasteiger charge is 2.04. The Balaban J connectivity index is 2.08. The van der Waals surface area contributed by atoms with E-state index in [1.54, 1.807) is 20.2 Å². The van der Waals surface area contributed by atoms with Crippen LogP contribution in [0.1, 0.15) is 11.5 Å². The molecule has 2 rings (SSSR count). The van der Waals surface area contributed by atoms with Crippen molar-refractivity contribution in [3.05, 3.63) is 29.9 Å². The Bertz CT molecular complexity index is 486. The number of ether oxygens (including phenoxy) is 1. The van der Waals surface area contributed by atoms with Gasteiger partial charge in [-0.15, -0.1) is 0 Å². The molecule has 18 heavy (non-hydrogen) atoms. The van der Waals surface area contributed by atoms with E-state index in [1.807, 2.05) is 6.07 Å². The monoisotopic (exact) mass is 249 g/mol. The second kappa shape index (κ2) is 5.97. The highest BCUT2D eigenvalue weighted by molar-refractivity contribution is 5.47. The largest absolute Gasteiger partial charge is 0.377 e. The Labute approximate surface area is 105 Å². The quantitative estimate of drug-likeness (QED) is 0.797. The predicted octanol–water partition coefficient (Wildman–Crippen LogP) is 1.26. The minimum atomic E-state index is 0.369. The molecule has 0 radical (unpaired) electrons. The number of hydrogen-bond acceptors (Lipinski definition) is 7. The van der Waals surface area contributed by atoms with Crippen LogP contribution in [0.4, 0.5) is 11.6 Å². The van der Waals surface area contributed by atoms with E-state index in [0.29, 0.717) is 24.8 Å². The van der Waals surface area contributed by atoms with Crippen LogP contribution >= 0.6 is 0 Å². The van der Waals surface area contributed by atoms with E-state index >= 15 is 0 Å². The third-order valence-electron chi connectivity index (χ3n) is 2.24. The van der Waals surface area contributed by atoms with E-state index < -0.39 is 0 Å². The fourth-order valence-electron chi connectivity index (χ4n) is 1.42. The molecule has 0 unspecified atom stereocenters. The number of methoxy groups -OCH3 is 1. The van der Waals surface area contributed by atoms with Gasteiger partial charge in [0.2, 0.25) is 0 Å². The Hall–Kier alpha value is -2.15. The van der Waals surface area contributed by atoms with Gasteiger partial charge in [-0.3, -0.25) is 0 Å². The molecule has 0 amide bonds. The van der Waals surface area contributed by atoms with E-state index in [0.717, 1.165) is 11.5 Å². The van der Waals surface area contributed by atoms with Gasteiger partial charge < -0.3 is 19.9 Å². The zero-order chi connectivity index (χ0) is 12.8. The highest BCUT2D eigenvalue weighted by Crippen LogP contribution is 2.12. The van der Waals surface area contributed by atoms with Crippen molar-refractivity contribution in [1.29, 1.82) is 0 Å². The van der Waals surface area contributed by atoms with E-state index in [2.05, 4.69) is 25.8 Å². The number of nitrogens with one attached hydrogen (secondary N) is 2. The summed E-state index contributed by atoms with van der Waals surface area (Å²) in [7, 11) is 3.41. The van der Waals surface area contributed by atoms with Crippen LogP contribution in [0.25, 0.3) is 0 Å². The Morgan fingerprint density at radius 3 is 2.83 bits per heavy atom. The van der Waals surface area contributed by atoms with Crippen molar-refractivity contribution < 1.29 is 9.26 Å². The van der Waals surface area contributed by atoms with Gasteiger partial charge in [-0.1, -0.05) is 5.16 Å². The van der Waals surface area contributed by atoms with Gasteiger partial charge in [0.1, 0.15) is 30.2 Å². The number of anilines is 2. The molecule has 0 spiro atoms. The maximum absolute atomic E-state index is 5.02. The van der Waals surface area contributed by atoms with E-state index in [9.17, 15) is 0 Å². The van der Waals surface area contributed by atoms with Gasteiger partial charge >= 0.3 is 0 Å². The van der Waals surface area contributed by atoms with Gasteiger partial charge in [-0.05, 0) is 0 Å². The molecular formula is C11H15N5O2. The first-order valence-corrected chi connectivity index (χ1v) is 5.49. The molecule has 2 N–H and O–H groups in total. The Morgan fingerprint density at radius 1 is 1.33 bits per heavy atom. The van der Waals surface area contributed by atoms with Crippen molar-refractivity contribution in [1.82, 2.24) is 15.1 Å². The van der Waals surface area contributed by atoms with Gasteiger partial charge in [-0.2, -0.15) is 0 Å². The second-order valence-corrected chi connectivity index (χ2v) is 3.58. The molecule has 0 saturated carbocycles. The third kappa shape index (κ3) is 3.17. The van der Waals surface area contributed by atoms with Crippen molar-refractivity contribution in [2.24, 2.45) is 0 Å². The normalized spacial score (nSPS) is 10.3. The lowest BCUT2D eigenvalue weighted by Crippen LogP contribution is -2.07. The summed E-state index contributed by atoms with van der Waals surface area (Å²) in [5, 5.41) is 9.94. The standard InChI is InChI=1S/C11H15N5O2/c1-12-9-5-10(15-11(14-9)7-17-2)13-6-8-3-4-18-16-8/h3-5H,6-7H2,1-2H3,(H2,12,13,14,15). The zero-order valence-electron chi connectivity index (χ0n) is 10.3. The summed E-state index contributed by atoms with van der Waals surface area (Å²) in [6.45, 7) is 0.914. The van der Waals surface area contributed by atoms with Crippen LogP contribution in [0.5, 0.6) is 0 Å². The summed E-state index contributed by atoms with van der Waals surface area (Å²) in [6.07, 6.45) is 1.53. The molecule has 7 heteroatoms. The third-order valence-corrected chi connectivity index (χ3v) is 2.24. The molecule has 0 aliphatic carbocycles. The minimum absolute atomic E-state index is 0.369. The van der Waals surface area contributed by atoms with Gasteiger partial charge in [0.25, 0.3) is 0 Å². The molecule has 2 aromatic heterocycles. The van der Waals surface area contributed by atoms with Crippen LogP contribution in [-0.4, -0.2) is 29.3 Å². The van der Waals surface area contributed by atoms with Crippen molar-refractivity contribution in [2.75, 3.05) is 24.8 Å². The summed E-state index contributed by atoms with van der Waals surface area (Å²) in [5.74, 6) is 2.07. The van der Waals surface area contributed by atoms with Crippen molar-refractivity contribution in [2.45, 2.75) is 13.2 Å². The van der Waals surface area contributed by atoms with Crippen molar-refractivity contribution in [3.63, 3.8) is 0 Å². The Kier molecular flexibility index (Phi) is 4.08. The fourth-order valence-corrected chi connectivity index (χ4v) is 1.42. The SMILES string of the molecule is CNc1cc(NCc2ccon2)nc(COC)n1. The molecule has 2 heterocycles. The first-order valence-electron chi connectivity index (χ1n) is 5.49. The van der Waals surface area contributed by atoms with Gasteiger partial charge in [0.05, 0.1) is 6.54 Å². The van der Waals surface area contributed by atoms with Crippen LogP contribution in [0.15, 0.2) is 22.9 Å².